The molecule has 128 valence electrons. The van der Waals surface area contributed by atoms with E-state index in [9.17, 15) is 4.79 Å². The number of rotatable bonds is 6. The van der Waals surface area contributed by atoms with E-state index in [0.29, 0.717) is 17.1 Å². The molecule has 1 N–H and O–H groups in total. The summed E-state index contributed by atoms with van der Waals surface area (Å²) in [5, 5.41) is 8.21. The van der Waals surface area contributed by atoms with Crippen molar-refractivity contribution in [1.29, 1.82) is 0 Å². The number of benzene rings is 1. The second kappa shape index (κ2) is 7.96. The van der Waals surface area contributed by atoms with Gasteiger partial charge in [-0.05, 0) is 41.9 Å². The van der Waals surface area contributed by atoms with Gasteiger partial charge in [-0.25, -0.2) is 5.43 Å². The predicted octanol–water partition coefficient (Wildman–Crippen LogP) is 2.43. The molecule has 0 fully saturated rings. The van der Waals surface area contributed by atoms with E-state index in [0.717, 1.165) is 15.9 Å². The van der Waals surface area contributed by atoms with Crippen molar-refractivity contribution in [2.24, 2.45) is 5.10 Å². The van der Waals surface area contributed by atoms with Gasteiger partial charge >= 0.3 is 0 Å². The van der Waals surface area contributed by atoms with E-state index in [2.05, 4.69) is 31.6 Å². The maximum absolute atomic E-state index is 11.9. The number of hydrazone groups is 1. The van der Waals surface area contributed by atoms with Crippen LogP contribution >= 0.6 is 15.9 Å². The van der Waals surface area contributed by atoms with Crippen molar-refractivity contribution in [2.45, 2.75) is 20.4 Å². The molecule has 0 radical (unpaired) electrons. The van der Waals surface area contributed by atoms with E-state index in [1.165, 1.54) is 6.21 Å². The lowest BCUT2D eigenvalue weighted by molar-refractivity contribution is -0.121. The van der Waals surface area contributed by atoms with E-state index >= 15 is 0 Å². The maximum atomic E-state index is 11.9. The summed E-state index contributed by atoms with van der Waals surface area (Å²) in [6.45, 7) is 3.89. The smallest absolute Gasteiger partial charge is 0.261 e. The predicted molar refractivity (Wildman–Crippen MR) is 94.7 cm³/mol. The summed E-state index contributed by atoms with van der Waals surface area (Å²) < 4.78 is 12.9. The molecule has 2 aromatic rings. The van der Waals surface area contributed by atoms with Crippen LogP contribution in [0.5, 0.6) is 11.5 Å². The van der Waals surface area contributed by atoms with Crippen LogP contribution in [0.25, 0.3) is 0 Å². The third-order valence-corrected chi connectivity index (χ3v) is 3.91. The van der Waals surface area contributed by atoms with Gasteiger partial charge in [-0.2, -0.15) is 10.2 Å². The van der Waals surface area contributed by atoms with Crippen molar-refractivity contribution in [3.05, 3.63) is 39.6 Å². The van der Waals surface area contributed by atoms with Crippen LogP contribution in [0.2, 0.25) is 0 Å². The van der Waals surface area contributed by atoms with Crippen molar-refractivity contribution >= 4 is 28.1 Å². The van der Waals surface area contributed by atoms with Gasteiger partial charge in [0, 0.05) is 17.3 Å². The molecule has 1 amide bonds. The number of carbonyl (C=O) groups is 1. The van der Waals surface area contributed by atoms with Crippen LogP contribution in [0, 0.1) is 13.8 Å². The van der Waals surface area contributed by atoms with E-state index in [-0.39, 0.29) is 12.5 Å². The first-order valence-electron chi connectivity index (χ1n) is 7.19. The fourth-order valence-electron chi connectivity index (χ4n) is 2.16. The molecule has 24 heavy (non-hydrogen) atoms. The minimum absolute atomic E-state index is 0.112. The Morgan fingerprint density at radius 3 is 2.58 bits per heavy atom. The van der Waals surface area contributed by atoms with Gasteiger partial charge in [-0.3, -0.25) is 9.48 Å². The van der Waals surface area contributed by atoms with Gasteiger partial charge < -0.3 is 9.47 Å². The fraction of sp³-hybridized carbons (Fsp3) is 0.312. The topological polar surface area (TPSA) is 77.7 Å². The van der Waals surface area contributed by atoms with Gasteiger partial charge in [0.1, 0.15) is 18.0 Å². The number of hydrogen-bond acceptors (Lipinski definition) is 5. The highest BCUT2D eigenvalue weighted by Gasteiger charge is 2.09. The number of halogens is 1. The highest BCUT2D eigenvalue weighted by Crippen LogP contribution is 2.31. The molecule has 0 spiro atoms. The van der Waals surface area contributed by atoms with Gasteiger partial charge in [0.05, 0.1) is 30.6 Å². The fourth-order valence-corrected chi connectivity index (χ4v) is 2.69. The van der Waals surface area contributed by atoms with Crippen molar-refractivity contribution < 1.29 is 14.3 Å². The number of aryl methyl sites for hydroxylation is 2. The summed E-state index contributed by atoms with van der Waals surface area (Å²) in [6, 6.07) is 5.45. The van der Waals surface area contributed by atoms with E-state index in [1.807, 2.05) is 19.9 Å². The van der Waals surface area contributed by atoms with Gasteiger partial charge in [0.2, 0.25) is 0 Å². The zero-order chi connectivity index (χ0) is 17.7. The molecule has 0 atom stereocenters. The first-order valence-corrected chi connectivity index (χ1v) is 7.98. The van der Waals surface area contributed by atoms with Crippen molar-refractivity contribution in [2.75, 3.05) is 14.2 Å². The normalized spacial score (nSPS) is 10.9. The first-order chi connectivity index (χ1) is 11.4. The number of aromatic nitrogens is 2. The Morgan fingerprint density at radius 1 is 1.29 bits per heavy atom. The molecule has 0 aliphatic heterocycles. The van der Waals surface area contributed by atoms with Crippen LogP contribution in [0.3, 0.4) is 0 Å². The van der Waals surface area contributed by atoms with Crippen LogP contribution in [-0.2, 0) is 11.3 Å². The average Bonchev–Trinajstić information content (AvgIpc) is 2.85. The summed E-state index contributed by atoms with van der Waals surface area (Å²) in [5.74, 6) is 0.980. The first kappa shape index (κ1) is 18.0. The van der Waals surface area contributed by atoms with Crippen LogP contribution in [0.4, 0.5) is 0 Å². The largest absolute Gasteiger partial charge is 0.496 e. The third kappa shape index (κ3) is 4.35. The van der Waals surface area contributed by atoms with Crippen molar-refractivity contribution in [1.82, 2.24) is 15.2 Å². The molecule has 1 heterocycles. The summed E-state index contributed by atoms with van der Waals surface area (Å²) in [5.41, 5.74) is 4.98. The second-order valence-corrected chi connectivity index (χ2v) is 5.96. The molecule has 1 aromatic carbocycles. The van der Waals surface area contributed by atoms with Gasteiger partial charge in [0.25, 0.3) is 5.91 Å². The summed E-state index contributed by atoms with van der Waals surface area (Å²) in [6.07, 6.45) is 1.52. The Hall–Kier alpha value is -2.35. The van der Waals surface area contributed by atoms with Gasteiger partial charge in [-0.1, -0.05) is 0 Å². The van der Waals surface area contributed by atoms with Crippen LogP contribution in [0.15, 0.2) is 27.8 Å². The van der Waals surface area contributed by atoms with Crippen LogP contribution in [-0.4, -0.2) is 36.1 Å². The maximum Gasteiger partial charge on any atom is 0.261 e. The molecule has 0 saturated heterocycles. The van der Waals surface area contributed by atoms with Crippen molar-refractivity contribution in [3.63, 3.8) is 0 Å². The SMILES string of the molecule is COc1cc(OC)c(/C=N\NC(=O)Cn2nc(C)cc2C)cc1Br. The molecular weight excluding hydrogens is 376 g/mol. The molecule has 0 unspecified atom stereocenters. The molecule has 0 bridgehead atoms. The molecular formula is C16H19BrN4O3. The van der Waals surface area contributed by atoms with Crippen LogP contribution in [0.1, 0.15) is 17.0 Å². The summed E-state index contributed by atoms with van der Waals surface area (Å²) >= 11 is 3.40. The lowest BCUT2D eigenvalue weighted by Gasteiger charge is -2.09. The lowest BCUT2D eigenvalue weighted by atomic mass is 10.2. The average molecular weight is 395 g/mol. The number of hydrogen-bond donors (Lipinski definition) is 1. The van der Waals surface area contributed by atoms with E-state index in [1.54, 1.807) is 31.0 Å². The Balaban J connectivity index is 2.04. The van der Waals surface area contributed by atoms with Gasteiger partial charge in [0.15, 0.2) is 0 Å². The highest BCUT2D eigenvalue weighted by molar-refractivity contribution is 9.10. The van der Waals surface area contributed by atoms with E-state index < -0.39 is 0 Å². The lowest BCUT2D eigenvalue weighted by Crippen LogP contribution is -2.24. The number of methoxy groups -OCH3 is 2. The Morgan fingerprint density at radius 2 is 2.00 bits per heavy atom. The quantitative estimate of drug-likeness (QED) is 0.602. The monoisotopic (exact) mass is 394 g/mol. The van der Waals surface area contributed by atoms with E-state index in [4.69, 9.17) is 9.47 Å². The Labute approximate surface area is 148 Å². The zero-order valence-electron chi connectivity index (χ0n) is 14.0. The minimum atomic E-state index is -0.260. The molecule has 0 aliphatic carbocycles. The molecule has 0 aliphatic rings. The van der Waals surface area contributed by atoms with Gasteiger partial charge in [-0.15, -0.1) is 0 Å². The molecule has 0 saturated carbocycles. The summed E-state index contributed by atoms with van der Waals surface area (Å²) in [7, 11) is 3.13. The molecule has 8 heteroatoms. The minimum Gasteiger partial charge on any atom is -0.496 e. The Bertz CT molecular complexity index is 771. The van der Waals surface area contributed by atoms with Crippen molar-refractivity contribution in [3.8, 4) is 11.5 Å². The molecule has 2 rings (SSSR count). The third-order valence-electron chi connectivity index (χ3n) is 3.29. The number of ether oxygens (including phenoxy) is 2. The zero-order valence-corrected chi connectivity index (χ0v) is 15.5. The molecule has 7 nitrogen and oxygen atoms in total. The number of amides is 1. The number of nitrogens with zero attached hydrogens (tertiary/aromatic N) is 3. The standard InChI is InChI=1S/C16H19BrN4O3/c1-10-5-11(2)21(20-10)9-16(22)19-18-8-12-6-13(17)15(24-4)7-14(12)23-3/h5-8H,9H2,1-4H3,(H,19,22)/b18-8-. The highest BCUT2D eigenvalue weighted by atomic mass is 79.9. The Kier molecular flexibility index (Phi) is 5.97. The molecule has 1 aromatic heterocycles. The second-order valence-electron chi connectivity index (χ2n) is 5.11. The summed E-state index contributed by atoms with van der Waals surface area (Å²) in [4.78, 5) is 11.9. The van der Waals surface area contributed by atoms with Crippen LogP contribution < -0.4 is 14.9 Å². The number of nitrogens with one attached hydrogen (secondary N) is 1. The number of carbonyl (C=O) groups excluding carboxylic acids is 1.